The third-order valence-corrected chi connectivity index (χ3v) is 2.21. The molecule has 0 bridgehead atoms. The van der Waals surface area contributed by atoms with Gasteiger partial charge in [-0.2, -0.15) is 0 Å². The minimum Gasteiger partial charge on any atom is -0.284 e. The zero-order valence-electron chi connectivity index (χ0n) is 4.94. The first-order valence-electron chi connectivity index (χ1n) is 1.87. The highest BCUT2D eigenvalue weighted by atomic mass is 32.5. The third kappa shape index (κ3) is 7.94. The van der Waals surface area contributed by atoms with Crippen LogP contribution in [0.2, 0.25) is 0 Å². The van der Waals surface area contributed by atoms with Crippen molar-refractivity contribution in [1.82, 2.24) is 0 Å². The van der Waals surface area contributed by atoms with E-state index >= 15 is 0 Å². The molecular formula is CH3F6NOS2. The predicted molar refractivity (Wildman–Crippen MR) is 31.0 cm³/mol. The normalized spacial score (nSPS) is 22.5. The maximum absolute atomic E-state index is 11.6. The van der Waals surface area contributed by atoms with Gasteiger partial charge in [0.05, 0.1) is 7.11 Å². The number of nitrogens with zero attached hydrogens (tertiary/aromatic N) is 1. The molecule has 0 fully saturated rings. The SMILES string of the molecule is CO/S(F)=N\S(F)(F)(F)(F)F. The van der Waals surface area contributed by atoms with E-state index in [2.05, 4.69) is 4.18 Å². The number of rotatable bonds is 2. The summed E-state index contributed by atoms with van der Waals surface area (Å²) >= 11 is -3.62. The van der Waals surface area contributed by atoms with Crippen molar-refractivity contribution in [3.05, 3.63) is 0 Å². The van der Waals surface area contributed by atoms with Crippen LogP contribution in [0.4, 0.5) is 23.3 Å². The zero-order valence-corrected chi connectivity index (χ0v) is 6.57. The number of halogens is 6. The van der Waals surface area contributed by atoms with Crippen molar-refractivity contribution >= 4 is 21.8 Å². The van der Waals surface area contributed by atoms with E-state index < -0.39 is 21.8 Å². The van der Waals surface area contributed by atoms with Crippen LogP contribution in [0.25, 0.3) is 0 Å². The van der Waals surface area contributed by atoms with Crippen LogP contribution in [0.5, 0.6) is 0 Å². The van der Waals surface area contributed by atoms with Crippen LogP contribution in [0.3, 0.4) is 0 Å². The van der Waals surface area contributed by atoms with Crippen molar-refractivity contribution in [3.8, 4) is 0 Å². The molecule has 0 aromatic carbocycles. The van der Waals surface area contributed by atoms with Gasteiger partial charge in [0.15, 0.2) is 0 Å². The molecule has 2 nitrogen and oxygen atoms in total. The van der Waals surface area contributed by atoms with Gasteiger partial charge in [0.2, 0.25) is 11.4 Å². The van der Waals surface area contributed by atoms with E-state index in [4.69, 9.17) is 0 Å². The van der Waals surface area contributed by atoms with Crippen molar-refractivity contribution < 1.29 is 27.5 Å². The smallest absolute Gasteiger partial charge is 0.284 e. The quantitative estimate of drug-likeness (QED) is 0.657. The van der Waals surface area contributed by atoms with Crippen molar-refractivity contribution in [2.75, 3.05) is 7.11 Å². The van der Waals surface area contributed by atoms with Crippen LogP contribution in [0, 0.1) is 0 Å². The fourth-order valence-corrected chi connectivity index (χ4v) is 1.27. The summed E-state index contributed by atoms with van der Waals surface area (Å²) < 4.78 is 71.4. The van der Waals surface area contributed by atoms with Crippen LogP contribution in [-0.2, 0) is 15.5 Å². The highest BCUT2D eigenvalue weighted by Gasteiger charge is 2.65. The number of hydrogen-bond donors (Lipinski definition) is 0. The average molecular weight is 223 g/mol. The molecule has 0 aliphatic heterocycles. The second-order valence-electron chi connectivity index (χ2n) is 1.38. The lowest BCUT2D eigenvalue weighted by Crippen LogP contribution is -2.01. The van der Waals surface area contributed by atoms with Gasteiger partial charge in [-0.25, -0.2) is 0 Å². The Morgan fingerprint density at radius 3 is 1.64 bits per heavy atom. The standard InChI is InChI=1S/CH3F6NOS2/c1-9-10(2)8-11(3,4,5,6)7/h1H3. The van der Waals surface area contributed by atoms with Crippen molar-refractivity contribution in [2.24, 2.45) is 3.77 Å². The molecule has 0 N–H and O–H groups in total. The highest BCUT2D eigenvalue weighted by Crippen LogP contribution is 2.99. The van der Waals surface area contributed by atoms with E-state index in [-0.39, 0.29) is 0 Å². The van der Waals surface area contributed by atoms with Gasteiger partial charge in [-0.05, 0) is 3.77 Å². The van der Waals surface area contributed by atoms with Crippen LogP contribution >= 0.6 is 10.4 Å². The van der Waals surface area contributed by atoms with E-state index in [1.54, 1.807) is 0 Å². The summed E-state index contributed by atoms with van der Waals surface area (Å²) in [4.78, 5) is 0. The van der Waals surface area contributed by atoms with Gasteiger partial charge < -0.3 is 0 Å². The molecular weight excluding hydrogens is 220 g/mol. The first-order chi connectivity index (χ1) is 4.43. The first-order valence-corrected chi connectivity index (χ1v) is 4.78. The van der Waals surface area contributed by atoms with E-state index in [1.807, 2.05) is 0 Å². The number of hydrogen-bond acceptors (Lipinski definition) is 2. The van der Waals surface area contributed by atoms with Gasteiger partial charge in [0.25, 0.3) is 0 Å². The molecule has 72 valence electrons. The maximum Gasteiger partial charge on any atom is 0.391 e. The van der Waals surface area contributed by atoms with Gasteiger partial charge in [0, 0.05) is 0 Å². The molecule has 0 amide bonds. The molecule has 0 spiro atoms. The van der Waals surface area contributed by atoms with E-state index in [1.165, 1.54) is 0 Å². The summed E-state index contributed by atoms with van der Waals surface area (Å²) in [6, 6.07) is 0. The molecule has 11 heavy (non-hydrogen) atoms. The van der Waals surface area contributed by atoms with Gasteiger partial charge >= 0.3 is 10.4 Å². The Bertz CT molecular complexity index is 190. The molecule has 0 aromatic rings. The van der Waals surface area contributed by atoms with Crippen LogP contribution < -0.4 is 0 Å². The Morgan fingerprint density at radius 2 is 1.55 bits per heavy atom. The molecule has 0 aromatic heterocycles. The van der Waals surface area contributed by atoms with Crippen molar-refractivity contribution in [3.63, 3.8) is 0 Å². The molecule has 0 saturated heterocycles. The van der Waals surface area contributed by atoms with Gasteiger partial charge in [-0.15, -0.1) is 3.89 Å². The maximum atomic E-state index is 11.6. The second kappa shape index (κ2) is 2.04. The Kier molecular flexibility index (Phi) is 2.05. The Hall–Kier alpha value is 0.0400. The summed E-state index contributed by atoms with van der Waals surface area (Å²) in [5.41, 5.74) is 0. The summed E-state index contributed by atoms with van der Waals surface area (Å²) in [5.74, 6) is 0. The van der Waals surface area contributed by atoms with Gasteiger partial charge in [-0.3, -0.25) is 4.18 Å². The van der Waals surface area contributed by atoms with E-state index in [9.17, 15) is 23.3 Å². The average Bonchev–Trinajstić information content (AvgIpc) is 1.57. The second-order valence-corrected chi connectivity index (χ2v) is 4.58. The van der Waals surface area contributed by atoms with Crippen LogP contribution in [0.15, 0.2) is 3.77 Å². The van der Waals surface area contributed by atoms with Gasteiger partial charge in [-0.1, -0.05) is 19.4 Å². The van der Waals surface area contributed by atoms with E-state index in [0.717, 1.165) is 0 Å². The monoisotopic (exact) mass is 223 g/mol. The van der Waals surface area contributed by atoms with E-state index in [0.29, 0.717) is 10.9 Å². The molecule has 0 aliphatic carbocycles. The molecule has 0 aliphatic rings. The molecule has 0 rings (SSSR count). The molecule has 0 saturated carbocycles. The van der Waals surface area contributed by atoms with Crippen LogP contribution in [0.1, 0.15) is 0 Å². The highest BCUT2D eigenvalue weighted by molar-refractivity contribution is 8.46. The topological polar surface area (TPSA) is 21.6 Å². The lowest BCUT2D eigenvalue weighted by Gasteiger charge is -2.33. The third-order valence-electron chi connectivity index (χ3n) is 0.337. The minimum atomic E-state index is -9.99. The Morgan fingerprint density at radius 1 is 1.18 bits per heavy atom. The molecule has 0 heterocycles. The zero-order chi connectivity index (χ0) is 9.40. The first kappa shape index (κ1) is 11.0. The largest absolute Gasteiger partial charge is 0.391 e. The van der Waals surface area contributed by atoms with Crippen molar-refractivity contribution in [1.29, 1.82) is 0 Å². The molecule has 0 radical (unpaired) electrons. The molecule has 10 heteroatoms. The fourth-order valence-electron chi connectivity index (χ4n) is 0.141. The van der Waals surface area contributed by atoms with Crippen LogP contribution in [-0.4, -0.2) is 7.11 Å². The summed E-state index contributed by atoms with van der Waals surface area (Å²) in [6.45, 7) is 0. The Balaban J connectivity index is 4.91. The Labute approximate surface area is 61.0 Å². The lowest BCUT2D eigenvalue weighted by atomic mass is 11.8. The summed E-state index contributed by atoms with van der Waals surface area (Å²) in [6.07, 6.45) is 0. The fraction of sp³-hybridized carbons (Fsp3) is 1.00. The molecule has 1 atom stereocenters. The summed E-state index contributed by atoms with van der Waals surface area (Å²) in [7, 11) is -9.49. The molecule has 1 unspecified atom stereocenters. The predicted octanol–water partition coefficient (Wildman–Crippen LogP) is 3.45. The van der Waals surface area contributed by atoms with Gasteiger partial charge in [0.1, 0.15) is 0 Å². The lowest BCUT2D eigenvalue weighted by molar-refractivity contribution is 0.365. The van der Waals surface area contributed by atoms with Crippen molar-refractivity contribution in [2.45, 2.75) is 0 Å². The minimum absolute atomic E-state index is 0.496. The summed E-state index contributed by atoms with van der Waals surface area (Å²) in [5, 5.41) is 0.